The second-order valence-electron chi connectivity index (χ2n) is 6.08. The van der Waals surface area contributed by atoms with Gasteiger partial charge in [-0.25, -0.2) is 4.39 Å². The number of benzene rings is 2. The standard InChI is InChI=1S/C20H22FN3OS/c1-4-15-8-10-18(11-9-15)25-14(2)19-22-23-20(24(19)3)26-13-16-6-5-7-17(21)12-16/h5-12,14H,4,13H2,1-3H3. The Bertz CT molecular complexity index is 864. The molecule has 0 N–H and O–H groups in total. The average Bonchev–Trinajstić information content (AvgIpc) is 3.01. The molecule has 6 heteroatoms. The van der Waals surface area contributed by atoms with Crippen LogP contribution >= 0.6 is 11.8 Å². The van der Waals surface area contributed by atoms with Gasteiger partial charge in [0.1, 0.15) is 11.6 Å². The van der Waals surface area contributed by atoms with Crippen molar-refractivity contribution in [2.75, 3.05) is 0 Å². The Labute approximate surface area is 157 Å². The van der Waals surface area contributed by atoms with Gasteiger partial charge in [0.15, 0.2) is 17.1 Å². The molecule has 136 valence electrons. The Morgan fingerprint density at radius 1 is 1.12 bits per heavy atom. The predicted octanol–water partition coefficient (Wildman–Crippen LogP) is 4.95. The molecule has 1 aromatic heterocycles. The summed E-state index contributed by atoms with van der Waals surface area (Å²) in [5, 5.41) is 9.29. The zero-order chi connectivity index (χ0) is 18.5. The summed E-state index contributed by atoms with van der Waals surface area (Å²) in [4.78, 5) is 0. The Morgan fingerprint density at radius 2 is 1.88 bits per heavy atom. The van der Waals surface area contributed by atoms with Crippen LogP contribution in [0.3, 0.4) is 0 Å². The van der Waals surface area contributed by atoms with Crippen molar-refractivity contribution in [3.63, 3.8) is 0 Å². The quantitative estimate of drug-likeness (QED) is 0.551. The number of nitrogens with zero attached hydrogens (tertiary/aromatic N) is 3. The maximum Gasteiger partial charge on any atom is 0.191 e. The number of hydrogen-bond acceptors (Lipinski definition) is 4. The van der Waals surface area contributed by atoms with E-state index in [1.807, 2.05) is 36.7 Å². The van der Waals surface area contributed by atoms with E-state index < -0.39 is 0 Å². The molecule has 4 nitrogen and oxygen atoms in total. The molecule has 26 heavy (non-hydrogen) atoms. The first-order valence-corrected chi connectivity index (χ1v) is 9.57. The highest BCUT2D eigenvalue weighted by Crippen LogP contribution is 2.26. The lowest BCUT2D eigenvalue weighted by Crippen LogP contribution is -2.10. The van der Waals surface area contributed by atoms with Gasteiger partial charge in [0.05, 0.1) is 0 Å². The van der Waals surface area contributed by atoms with Crippen molar-refractivity contribution < 1.29 is 9.13 Å². The number of rotatable bonds is 7. The Balaban J connectivity index is 1.65. The van der Waals surface area contributed by atoms with Crippen LogP contribution in [0.2, 0.25) is 0 Å². The summed E-state index contributed by atoms with van der Waals surface area (Å²) in [6, 6.07) is 14.7. The first-order chi connectivity index (χ1) is 12.6. The minimum Gasteiger partial charge on any atom is -0.483 e. The Morgan fingerprint density at radius 3 is 2.58 bits per heavy atom. The average molecular weight is 371 g/mol. The number of aromatic nitrogens is 3. The van der Waals surface area contributed by atoms with Crippen LogP contribution in [0, 0.1) is 5.82 Å². The van der Waals surface area contributed by atoms with E-state index in [1.54, 1.807) is 6.07 Å². The smallest absolute Gasteiger partial charge is 0.191 e. The summed E-state index contributed by atoms with van der Waals surface area (Å²) >= 11 is 1.53. The third kappa shape index (κ3) is 4.43. The van der Waals surface area contributed by atoms with E-state index in [0.29, 0.717) is 5.75 Å². The molecule has 0 bridgehead atoms. The van der Waals surface area contributed by atoms with E-state index in [2.05, 4.69) is 29.3 Å². The molecule has 0 fully saturated rings. The zero-order valence-corrected chi connectivity index (χ0v) is 16.0. The van der Waals surface area contributed by atoms with Crippen LogP contribution in [-0.4, -0.2) is 14.8 Å². The van der Waals surface area contributed by atoms with Gasteiger partial charge in [-0.2, -0.15) is 0 Å². The van der Waals surface area contributed by atoms with Crippen LogP contribution < -0.4 is 4.74 Å². The highest BCUT2D eigenvalue weighted by atomic mass is 32.2. The fourth-order valence-electron chi connectivity index (χ4n) is 2.64. The van der Waals surface area contributed by atoms with E-state index >= 15 is 0 Å². The van der Waals surface area contributed by atoms with Gasteiger partial charge < -0.3 is 9.30 Å². The second-order valence-corrected chi connectivity index (χ2v) is 7.02. The maximum absolute atomic E-state index is 13.3. The molecule has 0 saturated carbocycles. The Hall–Kier alpha value is -2.34. The minimum absolute atomic E-state index is 0.219. The Kier molecular flexibility index (Phi) is 5.93. The first kappa shape index (κ1) is 18.5. The number of thioether (sulfide) groups is 1. The molecule has 0 aliphatic rings. The molecule has 1 atom stereocenters. The van der Waals surface area contributed by atoms with E-state index in [0.717, 1.165) is 28.7 Å². The molecule has 0 radical (unpaired) electrons. The van der Waals surface area contributed by atoms with Crippen LogP contribution in [0.4, 0.5) is 4.39 Å². The zero-order valence-electron chi connectivity index (χ0n) is 15.1. The largest absolute Gasteiger partial charge is 0.483 e. The van der Waals surface area contributed by atoms with Crippen molar-refractivity contribution in [2.24, 2.45) is 7.05 Å². The molecule has 1 heterocycles. The highest BCUT2D eigenvalue weighted by Gasteiger charge is 2.17. The fourth-order valence-corrected chi connectivity index (χ4v) is 3.50. The van der Waals surface area contributed by atoms with Crippen molar-refractivity contribution >= 4 is 11.8 Å². The van der Waals surface area contributed by atoms with Gasteiger partial charge in [-0.15, -0.1) is 10.2 Å². The van der Waals surface area contributed by atoms with E-state index in [4.69, 9.17) is 4.74 Å². The number of hydrogen-bond donors (Lipinski definition) is 0. The van der Waals surface area contributed by atoms with Gasteiger partial charge in [0, 0.05) is 12.8 Å². The topological polar surface area (TPSA) is 39.9 Å². The molecular formula is C20H22FN3OS. The van der Waals surface area contributed by atoms with Crippen LogP contribution in [0.15, 0.2) is 53.7 Å². The van der Waals surface area contributed by atoms with Gasteiger partial charge in [0.25, 0.3) is 0 Å². The second kappa shape index (κ2) is 8.36. The van der Waals surface area contributed by atoms with Crippen LogP contribution in [0.25, 0.3) is 0 Å². The van der Waals surface area contributed by atoms with Crippen molar-refractivity contribution in [1.82, 2.24) is 14.8 Å². The number of halogens is 1. The van der Waals surface area contributed by atoms with E-state index in [1.165, 1.54) is 29.5 Å². The monoisotopic (exact) mass is 371 g/mol. The number of aryl methyl sites for hydroxylation is 1. The van der Waals surface area contributed by atoms with Crippen molar-refractivity contribution in [1.29, 1.82) is 0 Å². The molecule has 2 aromatic carbocycles. The summed E-state index contributed by atoms with van der Waals surface area (Å²) in [5.74, 6) is 1.98. The van der Waals surface area contributed by atoms with Gasteiger partial charge in [-0.1, -0.05) is 43.0 Å². The molecular weight excluding hydrogens is 349 g/mol. The predicted molar refractivity (Wildman–Crippen MR) is 102 cm³/mol. The van der Waals surface area contributed by atoms with Crippen LogP contribution in [0.1, 0.15) is 36.9 Å². The molecule has 0 saturated heterocycles. The highest BCUT2D eigenvalue weighted by molar-refractivity contribution is 7.98. The lowest BCUT2D eigenvalue weighted by atomic mass is 10.2. The van der Waals surface area contributed by atoms with E-state index in [9.17, 15) is 4.39 Å². The SMILES string of the molecule is CCc1ccc(OC(C)c2nnc(SCc3cccc(F)c3)n2C)cc1. The third-order valence-electron chi connectivity index (χ3n) is 4.13. The van der Waals surface area contributed by atoms with Crippen LogP contribution in [0.5, 0.6) is 5.75 Å². The molecule has 3 rings (SSSR count). The van der Waals surface area contributed by atoms with Crippen molar-refractivity contribution in [3.05, 3.63) is 71.3 Å². The van der Waals surface area contributed by atoms with Crippen molar-refractivity contribution in [2.45, 2.75) is 37.3 Å². The fraction of sp³-hybridized carbons (Fsp3) is 0.300. The van der Waals surface area contributed by atoms with Crippen LogP contribution in [-0.2, 0) is 19.2 Å². The minimum atomic E-state index is -0.224. The summed E-state index contributed by atoms with van der Waals surface area (Å²) in [6.45, 7) is 4.08. The number of ether oxygens (including phenoxy) is 1. The van der Waals surface area contributed by atoms with Gasteiger partial charge in [0.2, 0.25) is 0 Å². The van der Waals surface area contributed by atoms with E-state index in [-0.39, 0.29) is 11.9 Å². The summed E-state index contributed by atoms with van der Waals surface area (Å²) < 4.78 is 21.2. The molecule has 0 aliphatic carbocycles. The first-order valence-electron chi connectivity index (χ1n) is 8.59. The third-order valence-corrected chi connectivity index (χ3v) is 5.22. The summed E-state index contributed by atoms with van der Waals surface area (Å²) in [5.41, 5.74) is 2.19. The molecule has 0 aliphatic heterocycles. The molecule has 0 amide bonds. The van der Waals surface area contributed by atoms with Gasteiger partial charge >= 0.3 is 0 Å². The lowest BCUT2D eigenvalue weighted by Gasteiger charge is -2.14. The van der Waals surface area contributed by atoms with Gasteiger partial charge in [-0.3, -0.25) is 0 Å². The van der Waals surface area contributed by atoms with Gasteiger partial charge in [-0.05, 0) is 48.7 Å². The summed E-state index contributed by atoms with van der Waals surface area (Å²) in [6.07, 6.45) is 0.786. The molecule has 3 aromatic rings. The molecule has 1 unspecified atom stereocenters. The summed E-state index contributed by atoms with van der Waals surface area (Å²) in [7, 11) is 1.92. The lowest BCUT2D eigenvalue weighted by molar-refractivity contribution is 0.211. The van der Waals surface area contributed by atoms with Crippen molar-refractivity contribution in [3.8, 4) is 5.75 Å². The molecule has 0 spiro atoms. The maximum atomic E-state index is 13.3. The normalized spacial score (nSPS) is 12.2.